The van der Waals surface area contributed by atoms with E-state index in [2.05, 4.69) is 51.3 Å². The standard InChI is InChI=1S/C22H26N6OS/c1-15-18-8-4-5-9-19(18)29-20(15)13-24-22(23-11-10-17-7-6-12-30-17)25-14-21-27-26-16(2)28(21)3/h4-9,12H,10-11,13-14H2,1-3H3,(H2,23,24,25). The van der Waals surface area contributed by atoms with Gasteiger partial charge in [-0.15, -0.1) is 21.5 Å². The molecule has 0 atom stereocenters. The van der Waals surface area contributed by atoms with Crippen LogP contribution in [0.15, 0.2) is 51.2 Å². The van der Waals surface area contributed by atoms with Crippen molar-refractivity contribution >= 4 is 28.3 Å². The summed E-state index contributed by atoms with van der Waals surface area (Å²) in [5.41, 5.74) is 2.06. The van der Waals surface area contributed by atoms with Crippen LogP contribution in [0.5, 0.6) is 0 Å². The van der Waals surface area contributed by atoms with Gasteiger partial charge in [-0.2, -0.15) is 0 Å². The lowest BCUT2D eigenvalue weighted by molar-refractivity contribution is 0.534. The van der Waals surface area contributed by atoms with Gasteiger partial charge in [0.1, 0.15) is 23.7 Å². The minimum atomic E-state index is 0.449. The largest absolute Gasteiger partial charge is 0.459 e. The van der Waals surface area contributed by atoms with Crippen LogP contribution < -0.4 is 10.6 Å². The van der Waals surface area contributed by atoms with Crippen LogP contribution in [0.4, 0.5) is 0 Å². The van der Waals surface area contributed by atoms with Gasteiger partial charge in [0.25, 0.3) is 0 Å². The van der Waals surface area contributed by atoms with Crippen LogP contribution in [0.3, 0.4) is 0 Å². The molecular formula is C22H26N6OS. The van der Waals surface area contributed by atoms with E-state index in [0.717, 1.165) is 52.9 Å². The predicted molar refractivity (Wildman–Crippen MR) is 121 cm³/mol. The van der Waals surface area contributed by atoms with E-state index >= 15 is 0 Å². The summed E-state index contributed by atoms with van der Waals surface area (Å²) in [7, 11) is 1.95. The maximum atomic E-state index is 6.03. The van der Waals surface area contributed by atoms with Crippen molar-refractivity contribution in [2.24, 2.45) is 12.0 Å². The molecule has 7 nitrogen and oxygen atoms in total. The van der Waals surface area contributed by atoms with Crippen LogP contribution in [0.1, 0.15) is 27.8 Å². The minimum Gasteiger partial charge on any atom is -0.459 e. The number of benzene rings is 1. The van der Waals surface area contributed by atoms with Gasteiger partial charge >= 0.3 is 0 Å². The van der Waals surface area contributed by atoms with Crippen LogP contribution in [0.25, 0.3) is 11.0 Å². The van der Waals surface area contributed by atoms with Gasteiger partial charge in [0, 0.05) is 29.4 Å². The second kappa shape index (κ2) is 9.13. The topological polar surface area (TPSA) is 80.3 Å². The third kappa shape index (κ3) is 4.54. The first-order valence-corrected chi connectivity index (χ1v) is 10.9. The molecule has 4 rings (SSSR count). The van der Waals surface area contributed by atoms with Crippen molar-refractivity contribution in [2.45, 2.75) is 33.4 Å². The first kappa shape index (κ1) is 20.2. The van der Waals surface area contributed by atoms with E-state index < -0.39 is 0 Å². The Bertz CT molecular complexity index is 1140. The van der Waals surface area contributed by atoms with Crippen LogP contribution in [0, 0.1) is 13.8 Å². The molecule has 0 bridgehead atoms. The number of hydrogen-bond donors (Lipinski definition) is 2. The molecule has 0 saturated heterocycles. The van der Waals surface area contributed by atoms with Gasteiger partial charge < -0.3 is 19.6 Å². The molecule has 0 radical (unpaired) electrons. The maximum Gasteiger partial charge on any atom is 0.192 e. The first-order chi connectivity index (χ1) is 14.6. The number of nitrogens with zero attached hydrogens (tertiary/aromatic N) is 4. The van der Waals surface area contributed by atoms with Crippen molar-refractivity contribution in [3.8, 4) is 0 Å². The second-order valence-electron chi connectivity index (χ2n) is 7.14. The summed E-state index contributed by atoms with van der Waals surface area (Å²) in [6.07, 6.45) is 0.950. The first-order valence-electron chi connectivity index (χ1n) is 9.98. The zero-order valence-electron chi connectivity index (χ0n) is 17.5. The number of fused-ring (bicyclic) bond motifs is 1. The summed E-state index contributed by atoms with van der Waals surface area (Å²) in [5.74, 6) is 3.34. The maximum absolute atomic E-state index is 6.03. The summed E-state index contributed by atoms with van der Waals surface area (Å²) in [6, 6.07) is 12.3. The van der Waals surface area contributed by atoms with Gasteiger partial charge in [-0.1, -0.05) is 24.3 Å². The number of guanidine groups is 1. The third-order valence-corrected chi connectivity index (χ3v) is 6.10. The van der Waals surface area contributed by atoms with Gasteiger partial charge in [0.15, 0.2) is 11.8 Å². The lowest BCUT2D eigenvalue weighted by Crippen LogP contribution is -2.38. The van der Waals surface area contributed by atoms with Gasteiger partial charge in [-0.05, 0) is 37.8 Å². The molecule has 0 aliphatic heterocycles. The highest BCUT2D eigenvalue weighted by Crippen LogP contribution is 2.24. The molecule has 2 N–H and O–H groups in total. The quantitative estimate of drug-likeness (QED) is 0.350. The van der Waals surface area contributed by atoms with Crippen molar-refractivity contribution in [1.29, 1.82) is 0 Å². The summed E-state index contributed by atoms with van der Waals surface area (Å²) in [5, 5.41) is 18.4. The molecule has 0 unspecified atom stereocenters. The molecule has 4 aromatic rings. The van der Waals surface area contributed by atoms with E-state index in [0.29, 0.717) is 13.1 Å². The highest BCUT2D eigenvalue weighted by atomic mass is 32.1. The zero-order chi connectivity index (χ0) is 20.9. The Morgan fingerprint density at radius 1 is 1.13 bits per heavy atom. The molecule has 1 aromatic carbocycles. The zero-order valence-corrected chi connectivity index (χ0v) is 18.3. The Morgan fingerprint density at radius 2 is 2.00 bits per heavy atom. The van der Waals surface area contributed by atoms with Crippen LogP contribution in [-0.4, -0.2) is 27.3 Å². The molecule has 0 spiro atoms. The van der Waals surface area contributed by atoms with Gasteiger partial charge in [-0.3, -0.25) is 0 Å². The van der Waals surface area contributed by atoms with Crippen molar-refractivity contribution < 1.29 is 4.42 Å². The van der Waals surface area contributed by atoms with E-state index in [1.807, 2.05) is 36.7 Å². The van der Waals surface area contributed by atoms with Gasteiger partial charge in [0.05, 0.1) is 6.54 Å². The highest BCUT2D eigenvalue weighted by Gasteiger charge is 2.11. The number of aromatic nitrogens is 3. The summed E-state index contributed by atoms with van der Waals surface area (Å²) >= 11 is 1.77. The third-order valence-electron chi connectivity index (χ3n) is 5.16. The molecule has 0 amide bonds. The van der Waals surface area contributed by atoms with Crippen LogP contribution in [-0.2, 0) is 26.6 Å². The lowest BCUT2D eigenvalue weighted by atomic mass is 10.1. The van der Waals surface area contributed by atoms with E-state index in [-0.39, 0.29) is 0 Å². The van der Waals surface area contributed by atoms with E-state index in [9.17, 15) is 0 Å². The van der Waals surface area contributed by atoms with Crippen molar-refractivity contribution in [3.05, 3.63) is 69.6 Å². The minimum absolute atomic E-state index is 0.449. The SMILES string of the molecule is Cc1c(CNC(=NCc2nnc(C)n2C)NCCc2cccs2)oc2ccccc12. The van der Waals surface area contributed by atoms with Crippen molar-refractivity contribution in [2.75, 3.05) is 6.54 Å². The molecule has 0 fully saturated rings. The Balaban J connectivity index is 1.45. The molecule has 3 aromatic heterocycles. The highest BCUT2D eigenvalue weighted by molar-refractivity contribution is 7.09. The number of para-hydroxylation sites is 1. The average molecular weight is 423 g/mol. The Hall–Kier alpha value is -3.13. The average Bonchev–Trinajstić information content (AvgIpc) is 3.46. The molecular weight excluding hydrogens is 396 g/mol. The molecule has 3 heterocycles. The van der Waals surface area contributed by atoms with Gasteiger partial charge in [0.2, 0.25) is 0 Å². The monoisotopic (exact) mass is 422 g/mol. The van der Waals surface area contributed by atoms with E-state index in [1.165, 1.54) is 4.88 Å². The van der Waals surface area contributed by atoms with Crippen LogP contribution in [0.2, 0.25) is 0 Å². The molecule has 0 aliphatic rings. The molecule has 0 aliphatic carbocycles. The number of aryl methyl sites for hydroxylation is 2. The molecule has 0 saturated carbocycles. The Labute approximate surface area is 179 Å². The van der Waals surface area contributed by atoms with Crippen LogP contribution >= 0.6 is 11.3 Å². The van der Waals surface area contributed by atoms with E-state index in [4.69, 9.17) is 9.41 Å². The normalized spacial score (nSPS) is 11.9. The number of nitrogens with one attached hydrogen (secondary N) is 2. The van der Waals surface area contributed by atoms with E-state index in [1.54, 1.807) is 11.3 Å². The lowest BCUT2D eigenvalue weighted by Gasteiger charge is -2.12. The summed E-state index contributed by atoms with van der Waals surface area (Å²) in [4.78, 5) is 6.06. The number of aliphatic imine (C=N–C) groups is 1. The Kier molecular flexibility index (Phi) is 6.13. The number of thiophene rings is 1. The fourth-order valence-electron chi connectivity index (χ4n) is 3.23. The molecule has 8 heteroatoms. The Morgan fingerprint density at radius 3 is 2.73 bits per heavy atom. The number of hydrogen-bond acceptors (Lipinski definition) is 5. The fourth-order valence-corrected chi connectivity index (χ4v) is 3.94. The number of furan rings is 1. The predicted octanol–water partition coefficient (Wildman–Crippen LogP) is 3.72. The molecule has 30 heavy (non-hydrogen) atoms. The van der Waals surface area contributed by atoms with Crippen molar-refractivity contribution in [1.82, 2.24) is 25.4 Å². The van der Waals surface area contributed by atoms with Crippen molar-refractivity contribution in [3.63, 3.8) is 0 Å². The summed E-state index contributed by atoms with van der Waals surface area (Å²) in [6.45, 7) is 5.83. The second-order valence-corrected chi connectivity index (χ2v) is 8.18. The van der Waals surface area contributed by atoms with Gasteiger partial charge in [-0.25, -0.2) is 4.99 Å². The fraction of sp³-hybridized carbons (Fsp3) is 0.318. The smallest absolute Gasteiger partial charge is 0.192 e. The summed E-state index contributed by atoms with van der Waals surface area (Å²) < 4.78 is 7.98. The number of rotatable bonds is 7. The molecule has 156 valence electrons.